The summed E-state index contributed by atoms with van der Waals surface area (Å²) in [6.07, 6.45) is 2.44. The molecular weight excluding hydrogens is 398 g/mol. The number of amides is 1. The molecular formula is C19H18F2N6OS. The van der Waals surface area contributed by atoms with E-state index < -0.39 is 11.6 Å². The zero-order valence-corrected chi connectivity index (χ0v) is 16.1. The van der Waals surface area contributed by atoms with E-state index in [1.54, 1.807) is 18.2 Å². The number of benzene rings is 1. The summed E-state index contributed by atoms with van der Waals surface area (Å²) < 4.78 is 26.5. The highest BCUT2D eigenvalue weighted by molar-refractivity contribution is 7.13. The van der Waals surface area contributed by atoms with Gasteiger partial charge in [0.25, 0.3) is 5.91 Å². The number of carbonyl (C=O) groups excluding carboxylic acids is 1. The maximum absolute atomic E-state index is 13.4. The number of nitrogens with one attached hydrogen (secondary N) is 2. The molecule has 1 unspecified atom stereocenters. The lowest BCUT2D eigenvalue weighted by atomic mass is 10.1. The minimum Gasteiger partial charge on any atom is -0.371 e. The van der Waals surface area contributed by atoms with Crippen LogP contribution in [-0.2, 0) is 0 Å². The van der Waals surface area contributed by atoms with Gasteiger partial charge >= 0.3 is 0 Å². The Morgan fingerprint density at radius 2 is 2.14 bits per heavy atom. The van der Waals surface area contributed by atoms with Crippen LogP contribution in [0.3, 0.4) is 0 Å². The summed E-state index contributed by atoms with van der Waals surface area (Å²) in [4.78, 5) is 18.4. The smallest absolute Gasteiger partial charge is 0.259 e. The molecule has 3 aromatic rings. The van der Waals surface area contributed by atoms with Gasteiger partial charge in [0.15, 0.2) is 11.6 Å². The zero-order chi connectivity index (χ0) is 20.2. The van der Waals surface area contributed by atoms with E-state index in [4.69, 9.17) is 0 Å². The molecule has 1 fully saturated rings. The summed E-state index contributed by atoms with van der Waals surface area (Å²) in [6.45, 7) is 2.24. The van der Waals surface area contributed by atoms with Crippen molar-refractivity contribution in [2.24, 2.45) is 5.92 Å². The number of halogens is 2. The van der Waals surface area contributed by atoms with Gasteiger partial charge in [-0.3, -0.25) is 10.1 Å². The van der Waals surface area contributed by atoms with Gasteiger partial charge in [0.1, 0.15) is 11.3 Å². The standard InChI is InChI=1S/C19H18F2N6OS/c20-15-3-2-14(7-16(15)21)27-6-5-12(10-27)8-22-17-4-1-13(9-23-17)18(28)25-19-26-24-11-29-19/h1-4,7,9,11-12H,5-6,8,10H2,(H,22,23)(H,25,26,28). The average Bonchev–Trinajstić information content (AvgIpc) is 3.41. The van der Waals surface area contributed by atoms with Crippen molar-refractivity contribution in [3.8, 4) is 0 Å². The van der Waals surface area contributed by atoms with Gasteiger partial charge in [0.2, 0.25) is 5.13 Å². The third-order valence-corrected chi connectivity index (χ3v) is 5.34. The van der Waals surface area contributed by atoms with E-state index in [1.165, 1.54) is 29.1 Å². The minimum absolute atomic E-state index is 0.293. The first-order valence-electron chi connectivity index (χ1n) is 9.06. The third-order valence-electron chi connectivity index (χ3n) is 4.73. The number of hydrogen-bond acceptors (Lipinski definition) is 7. The highest BCUT2D eigenvalue weighted by Gasteiger charge is 2.23. The first-order chi connectivity index (χ1) is 14.1. The molecule has 1 amide bonds. The van der Waals surface area contributed by atoms with Crippen LogP contribution in [0.2, 0.25) is 0 Å². The van der Waals surface area contributed by atoms with Crippen LogP contribution in [0.15, 0.2) is 42.0 Å². The normalized spacial score (nSPS) is 16.1. The van der Waals surface area contributed by atoms with E-state index in [9.17, 15) is 13.6 Å². The second-order valence-corrected chi connectivity index (χ2v) is 7.54. The summed E-state index contributed by atoms with van der Waals surface area (Å²) in [5.74, 6) is -0.936. The monoisotopic (exact) mass is 416 g/mol. The molecule has 1 atom stereocenters. The molecule has 0 spiro atoms. The number of pyridine rings is 1. The lowest BCUT2D eigenvalue weighted by Gasteiger charge is -2.19. The van der Waals surface area contributed by atoms with Crippen molar-refractivity contribution < 1.29 is 13.6 Å². The number of hydrogen-bond donors (Lipinski definition) is 2. The van der Waals surface area contributed by atoms with Crippen LogP contribution in [0.4, 0.5) is 25.4 Å². The number of anilines is 3. The Kier molecular flexibility index (Phi) is 5.61. The van der Waals surface area contributed by atoms with Crippen LogP contribution >= 0.6 is 11.3 Å². The van der Waals surface area contributed by atoms with Crippen molar-refractivity contribution in [2.45, 2.75) is 6.42 Å². The number of nitrogens with zero attached hydrogens (tertiary/aromatic N) is 4. The van der Waals surface area contributed by atoms with Crippen LogP contribution in [-0.4, -0.2) is 40.7 Å². The molecule has 1 saturated heterocycles. The van der Waals surface area contributed by atoms with Crippen LogP contribution in [0.25, 0.3) is 0 Å². The first-order valence-corrected chi connectivity index (χ1v) is 9.94. The Morgan fingerprint density at radius 3 is 2.86 bits per heavy atom. The van der Waals surface area contributed by atoms with E-state index in [-0.39, 0.29) is 5.91 Å². The molecule has 2 aromatic heterocycles. The first kappa shape index (κ1) is 19.2. The minimum atomic E-state index is -0.835. The van der Waals surface area contributed by atoms with E-state index in [0.29, 0.717) is 34.7 Å². The fraction of sp³-hybridized carbons (Fsp3) is 0.263. The Hall–Kier alpha value is -3.14. The molecule has 1 aromatic carbocycles. The van der Waals surface area contributed by atoms with Gasteiger partial charge < -0.3 is 10.2 Å². The number of rotatable bonds is 6. The van der Waals surface area contributed by atoms with Crippen LogP contribution < -0.4 is 15.5 Å². The predicted octanol–water partition coefficient (Wildman–Crippen LogP) is 3.40. The summed E-state index contributed by atoms with van der Waals surface area (Å²) in [5, 5.41) is 13.8. The number of carbonyl (C=O) groups is 1. The highest BCUT2D eigenvalue weighted by atomic mass is 32.1. The molecule has 1 aliphatic heterocycles. The van der Waals surface area contributed by atoms with Crippen molar-refractivity contribution in [3.63, 3.8) is 0 Å². The van der Waals surface area contributed by atoms with Crippen molar-refractivity contribution in [1.82, 2.24) is 15.2 Å². The molecule has 10 heteroatoms. The molecule has 29 heavy (non-hydrogen) atoms. The van der Waals surface area contributed by atoms with Crippen LogP contribution in [0.1, 0.15) is 16.8 Å². The van der Waals surface area contributed by atoms with Crippen molar-refractivity contribution in [2.75, 3.05) is 35.2 Å². The Bertz CT molecular complexity index is 983. The lowest BCUT2D eigenvalue weighted by Crippen LogP contribution is -2.22. The Labute approximate surface area is 169 Å². The molecule has 1 aliphatic rings. The molecule has 150 valence electrons. The fourth-order valence-corrected chi connectivity index (χ4v) is 3.63. The molecule has 4 rings (SSSR count). The Balaban J connectivity index is 1.28. The predicted molar refractivity (Wildman–Crippen MR) is 107 cm³/mol. The second kappa shape index (κ2) is 8.48. The number of aromatic nitrogens is 3. The van der Waals surface area contributed by atoms with Crippen molar-refractivity contribution in [1.29, 1.82) is 0 Å². The van der Waals surface area contributed by atoms with Gasteiger partial charge in [-0.05, 0) is 36.6 Å². The van der Waals surface area contributed by atoms with Gasteiger partial charge in [-0.25, -0.2) is 13.8 Å². The summed E-state index contributed by atoms with van der Waals surface area (Å²) in [7, 11) is 0. The van der Waals surface area contributed by atoms with Crippen molar-refractivity contribution in [3.05, 3.63) is 59.2 Å². The molecule has 0 aliphatic carbocycles. The van der Waals surface area contributed by atoms with Crippen LogP contribution in [0, 0.1) is 17.6 Å². The van der Waals surface area contributed by atoms with Gasteiger partial charge in [0, 0.05) is 37.6 Å². The molecule has 0 radical (unpaired) electrons. The van der Waals surface area contributed by atoms with Crippen molar-refractivity contribution >= 4 is 33.9 Å². The summed E-state index contributed by atoms with van der Waals surface area (Å²) in [5.41, 5.74) is 2.66. The van der Waals surface area contributed by atoms with Gasteiger partial charge in [0.05, 0.1) is 5.56 Å². The quantitative estimate of drug-likeness (QED) is 0.641. The fourth-order valence-electron chi connectivity index (χ4n) is 3.19. The summed E-state index contributed by atoms with van der Waals surface area (Å²) >= 11 is 1.24. The Morgan fingerprint density at radius 1 is 1.24 bits per heavy atom. The molecule has 0 saturated carbocycles. The molecule has 3 heterocycles. The molecule has 2 N–H and O–H groups in total. The van der Waals surface area contributed by atoms with Gasteiger partial charge in [-0.2, -0.15) is 0 Å². The van der Waals surface area contributed by atoms with Gasteiger partial charge in [-0.15, -0.1) is 10.2 Å². The lowest BCUT2D eigenvalue weighted by molar-refractivity contribution is 0.102. The maximum Gasteiger partial charge on any atom is 0.259 e. The third kappa shape index (κ3) is 4.65. The average molecular weight is 416 g/mol. The zero-order valence-electron chi connectivity index (χ0n) is 15.3. The largest absolute Gasteiger partial charge is 0.371 e. The molecule has 7 nitrogen and oxygen atoms in total. The topological polar surface area (TPSA) is 83.0 Å². The summed E-state index contributed by atoms with van der Waals surface area (Å²) in [6, 6.07) is 7.42. The molecule has 0 bridgehead atoms. The maximum atomic E-state index is 13.4. The van der Waals surface area contributed by atoms with Crippen LogP contribution in [0.5, 0.6) is 0 Å². The van der Waals surface area contributed by atoms with E-state index >= 15 is 0 Å². The highest BCUT2D eigenvalue weighted by Crippen LogP contribution is 2.25. The SMILES string of the molecule is O=C(Nc1nncs1)c1ccc(NCC2CCN(c3ccc(F)c(F)c3)C2)nc1. The van der Waals surface area contributed by atoms with Gasteiger partial charge in [-0.1, -0.05) is 11.3 Å². The second-order valence-electron chi connectivity index (χ2n) is 6.71. The van der Waals surface area contributed by atoms with E-state index in [2.05, 4.69) is 25.8 Å². The van der Waals surface area contributed by atoms with E-state index in [1.807, 2.05) is 4.90 Å². The van der Waals surface area contributed by atoms with E-state index in [0.717, 1.165) is 25.6 Å².